The van der Waals surface area contributed by atoms with Crippen LogP contribution in [0, 0.1) is 0 Å². The Balaban J connectivity index is 1.72. The van der Waals surface area contributed by atoms with Gasteiger partial charge < -0.3 is 19.6 Å². The monoisotopic (exact) mass is 568 g/mol. The van der Waals surface area contributed by atoms with Gasteiger partial charge in [0.1, 0.15) is 5.76 Å². The number of rotatable bonds is 7. The number of morpholine rings is 1. The van der Waals surface area contributed by atoms with Gasteiger partial charge in [-0.1, -0.05) is 30.3 Å². The summed E-state index contributed by atoms with van der Waals surface area (Å²) < 4.78 is 32.1. The molecule has 0 radical (unpaired) electrons. The van der Waals surface area contributed by atoms with E-state index in [9.17, 15) is 27.9 Å². The number of carbonyl (C=O) groups is 3. The van der Waals surface area contributed by atoms with Crippen molar-refractivity contribution in [2.75, 3.05) is 64.9 Å². The molecule has 2 aromatic rings. The van der Waals surface area contributed by atoms with E-state index < -0.39 is 38.9 Å². The van der Waals surface area contributed by atoms with Crippen LogP contribution in [0.5, 0.6) is 0 Å². The minimum atomic E-state index is -3.87. The number of amides is 2. The standard InChI is InChI=1S/C28H32N4O7S/c1-4-31-22-11-6-5-10-21(22)28(27(31)36)23(24(33)19-8-7-9-20(18-19)40(37,38)29(2)3)25(34)26(35)32(28)13-12-30-14-16-39-17-15-30/h5-11,18,33H,4,12-17H2,1-3H3/t28-/m1/s1. The second kappa shape index (κ2) is 10.4. The van der Waals surface area contributed by atoms with Crippen molar-refractivity contribution in [3.05, 3.63) is 65.2 Å². The van der Waals surface area contributed by atoms with Gasteiger partial charge in [-0.25, -0.2) is 12.7 Å². The molecule has 5 rings (SSSR count). The van der Waals surface area contributed by atoms with Gasteiger partial charge in [-0.05, 0) is 25.1 Å². The number of para-hydroxylation sites is 1. The fourth-order valence-corrected chi connectivity index (χ4v) is 6.65. The number of aliphatic hydroxyl groups excluding tert-OH is 1. The number of hydrogen-bond acceptors (Lipinski definition) is 8. The highest BCUT2D eigenvalue weighted by atomic mass is 32.2. The molecular formula is C28H32N4O7S. The Kier molecular flexibility index (Phi) is 7.29. The Morgan fingerprint density at radius 2 is 1.73 bits per heavy atom. The Hall–Kier alpha value is -3.58. The van der Waals surface area contributed by atoms with E-state index in [-0.39, 0.29) is 29.1 Å². The molecule has 1 N–H and O–H groups in total. The minimum Gasteiger partial charge on any atom is -0.507 e. The number of hydrogen-bond donors (Lipinski definition) is 1. The minimum absolute atomic E-state index is 0.00806. The summed E-state index contributed by atoms with van der Waals surface area (Å²) in [6, 6.07) is 12.4. The third kappa shape index (κ3) is 4.14. The molecular weight excluding hydrogens is 536 g/mol. The van der Waals surface area contributed by atoms with Gasteiger partial charge in [0.25, 0.3) is 17.6 Å². The molecule has 212 valence electrons. The number of carbonyl (C=O) groups excluding carboxylic acids is 3. The zero-order valence-corrected chi connectivity index (χ0v) is 23.5. The first-order chi connectivity index (χ1) is 19.1. The number of ketones is 1. The van der Waals surface area contributed by atoms with Crippen LogP contribution < -0.4 is 4.90 Å². The van der Waals surface area contributed by atoms with Crippen LogP contribution in [0.3, 0.4) is 0 Å². The van der Waals surface area contributed by atoms with Crippen LogP contribution >= 0.6 is 0 Å². The largest absolute Gasteiger partial charge is 0.507 e. The smallest absolute Gasteiger partial charge is 0.296 e. The number of ether oxygens (including phenoxy) is 1. The van der Waals surface area contributed by atoms with E-state index in [1.54, 1.807) is 31.2 Å². The van der Waals surface area contributed by atoms with Crippen molar-refractivity contribution >= 4 is 39.1 Å². The van der Waals surface area contributed by atoms with Crippen LogP contribution in [0.1, 0.15) is 18.1 Å². The number of likely N-dealkylation sites (N-methyl/N-ethyl adjacent to an activating group) is 1. The lowest BCUT2D eigenvalue weighted by atomic mass is 9.82. The number of nitrogens with zero attached hydrogens (tertiary/aromatic N) is 4. The summed E-state index contributed by atoms with van der Waals surface area (Å²) >= 11 is 0. The molecule has 1 atom stereocenters. The molecule has 12 heteroatoms. The first-order valence-corrected chi connectivity index (χ1v) is 14.5. The number of fused-ring (bicyclic) bond motifs is 2. The predicted octanol–water partition coefficient (Wildman–Crippen LogP) is 1.21. The summed E-state index contributed by atoms with van der Waals surface area (Å²) in [6.07, 6.45) is 0. The summed E-state index contributed by atoms with van der Waals surface area (Å²) in [5.74, 6) is -3.02. The lowest BCUT2D eigenvalue weighted by molar-refractivity contribution is -0.144. The second-order valence-corrected chi connectivity index (χ2v) is 12.2. The molecule has 11 nitrogen and oxygen atoms in total. The van der Waals surface area contributed by atoms with Crippen molar-refractivity contribution in [3.8, 4) is 0 Å². The molecule has 0 unspecified atom stereocenters. The van der Waals surface area contributed by atoms with Crippen molar-refractivity contribution in [3.63, 3.8) is 0 Å². The Labute approximate surface area is 233 Å². The molecule has 2 saturated heterocycles. The molecule has 3 heterocycles. The van der Waals surface area contributed by atoms with E-state index >= 15 is 0 Å². The van der Waals surface area contributed by atoms with Gasteiger partial charge in [0.05, 0.1) is 29.4 Å². The number of likely N-dealkylation sites (tertiary alicyclic amines) is 1. The molecule has 3 aliphatic heterocycles. The van der Waals surface area contributed by atoms with E-state index in [1.165, 1.54) is 48.2 Å². The highest BCUT2D eigenvalue weighted by Crippen LogP contribution is 2.53. The van der Waals surface area contributed by atoms with Crippen molar-refractivity contribution in [1.82, 2.24) is 14.1 Å². The van der Waals surface area contributed by atoms with Gasteiger partial charge in [0, 0.05) is 57.9 Å². The summed E-state index contributed by atoms with van der Waals surface area (Å²) in [5, 5.41) is 11.7. The van der Waals surface area contributed by atoms with Crippen molar-refractivity contribution in [2.45, 2.75) is 17.4 Å². The normalized spacial score (nSPS) is 23.1. The molecule has 2 aromatic carbocycles. The highest BCUT2D eigenvalue weighted by Gasteiger charge is 2.66. The molecule has 40 heavy (non-hydrogen) atoms. The first kappa shape index (κ1) is 28.0. The second-order valence-electron chi connectivity index (χ2n) is 10.1. The number of benzene rings is 2. The predicted molar refractivity (Wildman–Crippen MR) is 147 cm³/mol. The molecule has 0 bridgehead atoms. The van der Waals surface area contributed by atoms with E-state index in [2.05, 4.69) is 4.90 Å². The lowest BCUT2D eigenvalue weighted by Gasteiger charge is -2.36. The number of anilines is 1. The van der Waals surface area contributed by atoms with Crippen LogP contribution in [0.4, 0.5) is 5.69 Å². The van der Waals surface area contributed by atoms with Gasteiger partial charge >= 0.3 is 0 Å². The molecule has 3 aliphatic rings. The highest BCUT2D eigenvalue weighted by molar-refractivity contribution is 7.89. The molecule has 0 aliphatic carbocycles. The maximum atomic E-state index is 14.3. The van der Waals surface area contributed by atoms with Gasteiger partial charge in [-0.2, -0.15) is 0 Å². The van der Waals surface area contributed by atoms with Crippen LogP contribution in [-0.2, 0) is 34.7 Å². The summed E-state index contributed by atoms with van der Waals surface area (Å²) in [4.78, 5) is 46.5. The van der Waals surface area contributed by atoms with Crippen LogP contribution in [0.2, 0.25) is 0 Å². The number of Topliss-reactive ketones (excluding diaryl/α,β-unsaturated/α-hetero) is 1. The van der Waals surface area contributed by atoms with Crippen molar-refractivity contribution in [1.29, 1.82) is 0 Å². The number of sulfonamides is 1. The van der Waals surface area contributed by atoms with Gasteiger partial charge in [0.15, 0.2) is 5.54 Å². The van der Waals surface area contributed by atoms with E-state index in [0.717, 1.165) is 4.31 Å². The zero-order valence-electron chi connectivity index (χ0n) is 22.7. The first-order valence-electron chi connectivity index (χ1n) is 13.1. The third-order valence-corrected chi connectivity index (χ3v) is 9.57. The Morgan fingerprint density at radius 3 is 2.40 bits per heavy atom. The van der Waals surface area contributed by atoms with Gasteiger partial charge in [0.2, 0.25) is 10.0 Å². The summed E-state index contributed by atoms with van der Waals surface area (Å²) in [5.41, 5.74) is -1.29. The fraction of sp³-hybridized carbons (Fsp3) is 0.393. The fourth-order valence-electron chi connectivity index (χ4n) is 5.71. The SMILES string of the molecule is CCN1C(=O)[C@]2(C(=C(O)c3cccc(S(=O)(=O)N(C)C)c3)C(=O)C(=O)N2CCN2CCOCC2)c2ccccc21. The maximum Gasteiger partial charge on any atom is 0.296 e. The van der Waals surface area contributed by atoms with Gasteiger partial charge in [-0.3, -0.25) is 19.3 Å². The molecule has 2 fully saturated rings. The zero-order chi connectivity index (χ0) is 28.8. The van der Waals surface area contributed by atoms with Crippen LogP contribution in [-0.4, -0.2) is 105 Å². The summed E-state index contributed by atoms with van der Waals surface area (Å²) in [7, 11) is -1.10. The number of aliphatic hydroxyl groups is 1. The maximum absolute atomic E-state index is 14.3. The van der Waals surface area contributed by atoms with Crippen molar-refractivity contribution < 1.29 is 32.6 Å². The van der Waals surface area contributed by atoms with E-state index in [1.807, 2.05) is 0 Å². The molecule has 0 saturated carbocycles. The average Bonchev–Trinajstić information content (AvgIpc) is 3.34. The summed E-state index contributed by atoms with van der Waals surface area (Å²) in [6.45, 7) is 4.92. The molecule has 0 aromatic heterocycles. The Bertz CT molecular complexity index is 1510. The third-order valence-electron chi connectivity index (χ3n) is 7.76. The topological polar surface area (TPSA) is 128 Å². The van der Waals surface area contributed by atoms with Gasteiger partial charge in [-0.15, -0.1) is 0 Å². The van der Waals surface area contributed by atoms with Crippen molar-refractivity contribution in [2.24, 2.45) is 0 Å². The quantitative estimate of drug-likeness (QED) is 0.300. The van der Waals surface area contributed by atoms with E-state index in [4.69, 9.17) is 4.74 Å². The molecule has 1 spiro atoms. The van der Waals surface area contributed by atoms with E-state index in [0.29, 0.717) is 44.1 Å². The lowest BCUT2D eigenvalue weighted by Crippen LogP contribution is -2.54. The van der Waals surface area contributed by atoms with Crippen LogP contribution in [0.15, 0.2) is 59.0 Å². The average molecular weight is 569 g/mol. The Morgan fingerprint density at radius 1 is 1.02 bits per heavy atom. The molecule has 2 amide bonds. The van der Waals surface area contributed by atoms with Crippen LogP contribution in [0.25, 0.3) is 5.76 Å².